The van der Waals surface area contributed by atoms with Crippen molar-refractivity contribution in [2.45, 2.75) is 38.3 Å². The highest BCUT2D eigenvalue weighted by Crippen LogP contribution is 2.18. The van der Waals surface area contributed by atoms with Gasteiger partial charge in [0.15, 0.2) is 0 Å². The van der Waals surface area contributed by atoms with E-state index in [0.717, 1.165) is 44.3 Å². The van der Waals surface area contributed by atoms with Gasteiger partial charge in [-0.05, 0) is 50.4 Å². The lowest BCUT2D eigenvalue weighted by molar-refractivity contribution is -0.124. The molecule has 0 radical (unpaired) electrons. The van der Waals surface area contributed by atoms with Crippen molar-refractivity contribution in [1.82, 2.24) is 20.4 Å². The molecule has 7 nitrogen and oxygen atoms in total. The Morgan fingerprint density at radius 3 is 2.30 bits per heavy atom. The molecule has 27 heavy (non-hydrogen) atoms. The van der Waals surface area contributed by atoms with Crippen LogP contribution in [-0.2, 0) is 16.1 Å². The van der Waals surface area contributed by atoms with Gasteiger partial charge in [-0.2, -0.15) is 0 Å². The molecule has 146 valence electrons. The predicted molar refractivity (Wildman–Crippen MR) is 102 cm³/mol. The third-order valence-corrected chi connectivity index (χ3v) is 4.85. The fourth-order valence-corrected chi connectivity index (χ4v) is 3.17. The Hall–Kier alpha value is -2.41. The van der Waals surface area contributed by atoms with Gasteiger partial charge in [-0.1, -0.05) is 12.1 Å². The highest BCUT2D eigenvalue weighted by atomic mass is 16.2. The van der Waals surface area contributed by atoms with E-state index in [0.29, 0.717) is 18.2 Å². The second-order valence-electron chi connectivity index (χ2n) is 7.49. The monoisotopic (exact) mass is 372 g/mol. The molecule has 1 aromatic rings. The first-order chi connectivity index (χ1) is 13.0. The van der Waals surface area contributed by atoms with Crippen molar-refractivity contribution in [3.8, 4) is 0 Å². The lowest BCUT2D eigenvalue weighted by Gasteiger charge is -2.16. The van der Waals surface area contributed by atoms with E-state index in [1.807, 2.05) is 29.2 Å². The molecule has 1 saturated heterocycles. The van der Waals surface area contributed by atoms with E-state index in [9.17, 15) is 14.4 Å². The molecule has 0 bridgehead atoms. The van der Waals surface area contributed by atoms with Gasteiger partial charge in [0, 0.05) is 31.2 Å². The minimum absolute atomic E-state index is 0.0361. The fourth-order valence-electron chi connectivity index (χ4n) is 3.17. The van der Waals surface area contributed by atoms with Crippen LogP contribution in [-0.4, -0.2) is 66.8 Å². The van der Waals surface area contributed by atoms with Crippen LogP contribution in [0, 0.1) is 0 Å². The van der Waals surface area contributed by atoms with Crippen molar-refractivity contribution in [2.24, 2.45) is 0 Å². The molecule has 0 spiro atoms. The van der Waals surface area contributed by atoms with Crippen LogP contribution in [0.15, 0.2) is 24.3 Å². The zero-order valence-electron chi connectivity index (χ0n) is 15.9. The van der Waals surface area contributed by atoms with E-state index in [4.69, 9.17) is 0 Å². The van der Waals surface area contributed by atoms with E-state index in [1.54, 1.807) is 11.9 Å². The van der Waals surface area contributed by atoms with Gasteiger partial charge >= 0.3 is 0 Å². The molecule has 1 aliphatic heterocycles. The number of carbonyl (C=O) groups is 3. The predicted octanol–water partition coefficient (Wildman–Crippen LogP) is 0.749. The van der Waals surface area contributed by atoms with E-state index >= 15 is 0 Å². The number of rotatable bonds is 8. The third-order valence-electron chi connectivity index (χ3n) is 4.85. The van der Waals surface area contributed by atoms with Crippen LogP contribution in [0.4, 0.5) is 0 Å². The van der Waals surface area contributed by atoms with Gasteiger partial charge in [-0.15, -0.1) is 0 Å². The number of carbonyl (C=O) groups excluding carboxylic acids is 3. The molecule has 0 unspecified atom stereocenters. The Bertz CT molecular complexity index is 679. The molecule has 7 heteroatoms. The summed E-state index contributed by atoms with van der Waals surface area (Å²) in [7, 11) is 1.75. The van der Waals surface area contributed by atoms with Crippen LogP contribution in [0.3, 0.4) is 0 Å². The molecule has 2 fully saturated rings. The molecule has 1 saturated carbocycles. The molecule has 3 amide bonds. The SMILES string of the molecule is CN(CC(=O)NCc1ccc(C(=O)N2CCCC2)cc1)CC(=O)NC1CC1. The summed E-state index contributed by atoms with van der Waals surface area (Å²) in [5.41, 5.74) is 1.63. The number of amides is 3. The van der Waals surface area contributed by atoms with Gasteiger partial charge in [-0.25, -0.2) is 0 Å². The lowest BCUT2D eigenvalue weighted by atomic mass is 10.1. The van der Waals surface area contributed by atoms with Crippen LogP contribution < -0.4 is 10.6 Å². The van der Waals surface area contributed by atoms with Crippen molar-refractivity contribution in [3.63, 3.8) is 0 Å². The van der Waals surface area contributed by atoms with Crippen molar-refractivity contribution >= 4 is 17.7 Å². The van der Waals surface area contributed by atoms with Crippen LogP contribution >= 0.6 is 0 Å². The summed E-state index contributed by atoms with van der Waals surface area (Å²) >= 11 is 0. The third kappa shape index (κ3) is 6.06. The molecular weight excluding hydrogens is 344 g/mol. The van der Waals surface area contributed by atoms with Crippen molar-refractivity contribution in [1.29, 1.82) is 0 Å². The van der Waals surface area contributed by atoms with E-state index < -0.39 is 0 Å². The number of likely N-dealkylation sites (N-methyl/N-ethyl adjacent to an activating group) is 1. The van der Waals surface area contributed by atoms with Crippen molar-refractivity contribution in [2.75, 3.05) is 33.2 Å². The number of hydrogen-bond acceptors (Lipinski definition) is 4. The van der Waals surface area contributed by atoms with Gasteiger partial charge < -0.3 is 15.5 Å². The lowest BCUT2D eigenvalue weighted by Crippen LogP contribution is -2.41. The number of nitrogens with zero attached hydrogens (tertiary/aromatic N) is 2. The van der Waals surface area contributed by atoms with Crippen LogP contribution in [0.1, 0.15) is 41.6 Å². The first-order valence-electron chi connectivity index (χ1n) is 9.64. The molecular formula is C20H28N4O3. The minimum atomic E-state index is -0.131. The summed E-state index contributed by atoms with van der Waals surface area (Å²) in [5, 5.41) is 5.76. The largest absolute Gasteiger partial charge is 0.352 e. The summed E-state index contributed by atoms with van der Waals surface area (Å²) in [6.45, 7) is 2.46. The highest BCUT2D eigenvalue weighted by Gasteiger charge is 2.23. The molecule has 1 heterocycles. The van der Waals surface area contributed by atoms with E-state index in [1.165, 1.54) is 0 Å². The molecule has 0 atom stereocenters. The summed E-state index contributed by atoms with van der Waals surface area (Å²) in [6.07, 6.45) is 4.26. The average Bonchev–Trinajstić information content (AvgIpc) is 3.28. The average molecular weight is 372 g/mol. The summed E-state index contributed by atoms with van der Waals surface area (Å²) < 4.78 is 0. The smallest absolute Gasteiger partial charge is 0.253 e. The molecule has 0 aromatic heterocycles. The molecule has 1 aromatic carbocycles. The normalized spacial score (nSPS) is 16.4. The maximum absolute atomic E-state index is 12.3. The van der Waals surface area contributed by atoms with Gasteiger partial charge in [0.25, 0.3) is 5.91 Å². The van der Waals surface area contributed by atoms with E-state index in [-0.39, 0.29) is 30.8 Å². The molecule has 1 aliphatic carbocycles. The van der Waals surface area contributed by atoms with Crippen LogP contribution in [0.2, 0.25) is 0 Å². The number of nitrogens with one attached hydrogen (secondary N) is 2. The topological polar surface area (TPSA) is 81.8 Å². The summed E-state index contributed by atoms with van der Waals surface area (Å²) in [6, 6.07) is 7.71. The summed E-state index contributed by atoms with van der Waals surface area (Å²) in [4.78, 5) is 39.7. The second-order valence-corrected chi connectivity index (χ2v) is 7.49. The molecule has 3 rings (SSSR count). The first kappa shape index (κ1) is 19.4. The fraction of sp³-hybridized carbons (Fsp3) is 0.550. The summed E-state index contributed by atoms with van der Waals surface area (Å²) in [5.74, 6) is -0.0887. The Kier molecular flexibility index (Phi) is 6.45. The van der Waals surface area contributed by atoms with Gasteiger partial charge in [0.1, 0.15) is 0 Å². The first-order valence-corrected chi connectivity index (χ1v) is 9.64. The second kappa shape index (κ2) is 8.99. The van der Waals surface area contributed by atoms with Crippen molar-refractivity contribution < 1.29 is 14.4 Å². The number of likely N-dealkylation sites (tertiary alicyclic amines) is 1. The number of hydrogen-bond donors (Lipinski definition) is 2. The maximum Gasteiger partial charge on any atom is 0.253 e. The Balaban J connectivity index is 1.38. The standard InChI is InChI=1S/C20H28N4O3/c1-23(14-19(26)22-17-8-9-17)13-18(25)21-12-15-4-6-16(7-5-15)20(27)24-10-2-3-11-24/h4-7,17H,2-3,8-14H2,1H3,(H,21,25)(H,22,26). The Morgan fingerprint density at radius 2 is 1.67 bits per heavy atom. The van der Waals surface area contributed by atoms with Gasteiger partial charge in [0.2, 0.25) is 11.8 Å². The zero-order chi connectivity index (χ0) is 19.2. The number of benzene rings is 1. The highest BCUT2D eigenvalue weighted by molar-refractivity contribution is 5.94. The Morgan fingerprint density at radius 1 is 1.04 bits per heavy atom. The Labute approximate surface area is 160 Å². The van der Waals surface area contributed by atoms with Gasteiger partial charge in [-0.3, -0.25) is 19.3 Å². The van der Waals surface area contributed by atoms with Crippen LogP contribution in [0.5, 0.6) is 0 Å². The van der Waals surface area contributed by atoms with Crippen LogP contribution in [0.25, 0.3) is 0 Å². The molecule has 2 N–H and O–H groups in total. The quantitative estimate of drug-likeness (QED) is 0.706. The maximum atomic E-state index is 12.3. The zero-order valence-corrected chi connectivity index (χ0v) is 15.9. The van der Waals surface area contributed by atoms with Crippen molar-refractivity contribution in [3.05, 3.63) is 35.4 Å². The molecule has 2 aliphatic rings. The van der Waals surface area contributed by atoms with Gasteiger partial charge in [0.05, 0.1) is 13.1 Å². The minimum Gasteiger partial charge on any atom is -0.352 e. The van der Waals surface area contributed by atoms with E-state index in [2.05, 4.69) is 10.6 Å².